The highest BCUT2D eigenvalue weighted by atomic mass is 16.1. The maximum atomic E-state index is 11.6. The number of aromatic nitrogens is 6. The Kier molecular flexibility index (Phi) is 4.50. The second-order valence-corrected chi connectivity index (χ2v) is 6.99. The molecule has 1 aliphatic heterocycles. The lowest BCUT2D eigenvalue weighted by molar-refractivity contribution is -0.114. The van der Waals surface area contributed by atoms with Crippen LogP contribution in [0.3, 0.4) is 0 Å². The van der Waals surface area contributed by atoms with Crippen LogP contribution in [0.4, 0.5) is 11.5 Å². The molecule has 1 aliphatic rings. The molecular formula is C19H22N8O. The highest BCUT2D eigenvalue weighted by Gasteiger charge is 2.35. The predicted octanol–water partition coefficient (Wildman–Crippen LogP) is 2.76. The molecule has 9 heteroatoms. The van der Waals surface area contributed by atoms with Gasteiger partial charge in [0.2, 0.25) is 5.91 Å². The lowest BCUT2D eigenvalue weighted by Gasteiger charge is -2.39. The van der Waals surface area contributed by atoms with Gasteiger partial charge in [0.05, 0.1) is 24.1 Å². The third-order valence-electron chi connectivity index (χ3n) is 4.78. The van der Waals surface area contributed by atoms with E-state index in [4.69, 9.17) is 4.98 Å². The van der Waals surface area contributed by atoms with E-state index in [0.717, 1.165) is 29.3 Å². The Morgan fingerprint density at radius 2 is 2.14 bits per heavy atom. The first kappa shape index (κ1) is 18.0. The maximum absolute atomic E-state index is 11.6. The van der Waals surface area contributed by atoms with Crippen molar-refractivity contribution in [3.05, 3.63) is 36.8 Å². The van der Waals surface area contributed by atoms with E-state index in [1.807, 2.05) is 4.57 Å². The minimum atomic E-state index is -0.170. The zero-order chi connectivity index (χ0) is 19.8. The topological polar surface area (TPSA) is 102 Å². The van der Waals surface area contributed by atoms with Gasteiger partial charge in [0.25, 0.3) is 0 Å². The number of carbonyl (C=O) groups excluding carboxylic acids is 1. The van der Waals surface area contributed by atoms with Crippen LogP contribution in [0.25, 0.3) is 17.1 Å². The molecular weight excluding hydrogens is 356 g/mol. The van der Waals surface area contributed by atoms with E-state index < -0.39 is 0 Å². The fraction of sp³-hybridized carbons (Fsp3) is 0.368. The van der Waals surface area contributed by atoms with Crippen LogP contribution in [0.1, 0.15) is 46.0 Å². The van der Waals surface area contributed by atoms with Crippen molar-refractivity contribution in [2.45, 2.75) is 46.2 Å². The predicted molar refractivity (Wildman–Crippen MR) is 105 cm³/mol. The molecule has 0 unspecified atom stereocenters. The molecule has 0 bridgehead atoms. The Labute approximate surface area is 162 Å². The van der Waals surface area contributed by atoms with E-state index in [1.54, 1.807) is 31.0 Å². The van der Waals surface area contributed by atoms with Crippen LogP contribution in [0.5, 0.6) is 0 Å². The molecule has 1 atom stereocenters. The number of fused-ring (bicyclic) bond motifs is 3. The van der Waals surface area contributed by atoms with E-state index in [1.165, 1.54) is 6.92 Å². The van der Waals surface area contributed by atoms with Crippen LogP contribution in [-0.4, -0.2) is 41.7 Å². The summed E-state index contributed by atoms with van der Waals surface area (Å²) >= 11 is 0. The number of nitrogens with zero attached hydrogens (tertiary/aromatic N) is 7. The Morgan fingerprint density at radius 3 is 2.86 bits per heavy atom. The van der Waals surface area contributed by atoms with E-state index in [9.17, 15) is 4.79 Å². The van der Waals surface area contributed by atoms with Crippen molar-refractivity contribution in [2.24, 2.45) is 0 Å². The first-order chi connectivity index (χ1) is 13.5. The number of nitrogens with one attached hydrogen (secondary N) is 1. The van der Waals surface area contributed by atoms with Gasteiger partial charge in [-0.05, 0) is 26.3 Å². The fourth-order valence-corrected chi connectivity index (χ4v) is 3.65. The summed E-state index contributed by atoms with van der Waals surface area (Å²) in [5.74, 6) is 2.07. The van der Waals surface area contributed by atoms with Gasteiger partial charge in [0, 0.05) is 24.7 Å². The molecule has 3 aromatic rings. The highest BCUT2D eigenvalue weighted by molar-refractivity contribution is 5.93. The van der Waals surface area contributed by atoms with Gasteiger partial charge >= 0.3 is 0 Å². The molecule has 1 amide bonds. The van der Waals surface area contributed by atoms with Gasteiger partial charge in [-0.25, -0.2) is 9.97 Å². The summed E-state index contributed by atoms with van der Waals surface area (Å²) < 4.78 is 1.95. The van der Waals surface area contributed by atoms with Crippen molar-refractivity contribution >= 4 is 17.4 Å². The second kappa shape index (κ2) is 6.99. The SMILES string of the molecule is CC[C@@H]1c2nncn2-c2cnc(-c3ccncc3NC(C)=O)nc2N1C(C)C. The van der Waals surface area contributed by atoms with E-state index in [-0.39, 0.29) is 18.0 Å². The monoisotopic (exact) mass is 378 g/mol. The molecule has 0 saturated heterocycles. The molecule has 0 aromatic carbocycles. The lowest BCUT2D eigenvalue weighted by Crippen LogP contribution is -2.40. The number of hydrogen-bond acceptors (Lipinski definition) is 7. The summed E-state index contributed by atoms with van der Waals surface area (Å²) in [5.41, 5.74) is 2.15. The average molecular weight is 378 g/mol. The normalized spacial score (nSPS) is 15.3. The first-order valence-corrected chi connectivity index (χ1v) is 9.28. The number of hydrogen-bond donors (Lipinski definition) is 1. The lowest BCUT2D eigenvalue weighted by atomic mass is 10.1. The summed E-state index contributed by atoms with van der Waals surface area (Å²) in [7, 11) is 0. The molecule has 0 fully saturated rings. The summed E-state index contributed by atoms with van der Waals surface area (Å²) in [5, 5.41) is 11.2. The quantitative estimate of drug-likeness (QED) is 0.745. The maximum Gasteiger partial charge on any atom is 0.221 e. The fourth-order valence-electron chi connectivity index (χ4n) is 3.65. The molecule has 4 rings (SSSR count). The number of anilines is 2. The van der Waals surface area contributed by atoms with Crippen LogP contribution in [0, 0.1) is 0 Å². The molecule has 3 aromatic heterocycles. The smallest absolute Gasteiger partial charge is 0.221 e. The minimum absolute atomic E-state index is 0.0741. The molecule has 9 nitrogen and oxygen atoms in total. The Bertz CT molecular complexity index is 1030. The molecule has 0 radical (unpaired) electrons. The molecule has 1 N–H and O–H groups in total. The second-order valence-electron chi connectivity index (χ2n) is 6.99. The Morgan fingerprint density at radius 1 is 1.32 bits per heavy atom. The summed E-state index contributed by atoms with van der Waals surface area (Å²) in [6.45, 7) is 7.86. The summed E-state index contributed by atoms with van der Waals surface area (Å²) in [6.07, 6.45) is 7.63. The van der Waals surface area contributed by atoms with Crippen molar-refractivity contribution in [3.63, 3.8) is 0 Å². The standard InChI is InChI=1S/C19H22N8O/c1-5-15-19-25-22-10-26(19)16-9-21-17(24-18(16)27(15)11(2)3)13-6-7-20-8-14(13)23-12(4)28/h6-11,15H,5H2,1-4H3,(H,23,28)/t15-/m1/s1. The van der Waals surface area contributed by atoms with Gasteiger partial charge in [0.1, 0.15) is 12.0 Å². The highest BCUT2D eigenvalue weighted by Crippen LogP contribution is 2.40. The van der Waals surface area contributed by atoms with Crippen molar-refractivity contribution in [1.29, 1.82) is 0 Å². The minimum Gasteiger partial charge on any atom is -0.342 e. The number of amides is 1. The van der Waals surface area contributed by atoms with E-state index >= 15 is 0 Å². The Hall–Kier alpha value is -3.36. The zero-order valence-electron chi connectivity index (χ0n) is 16.3. The third-order valence-corrected chi connectivity index (χ3v) is 4.78. The van der Waals surface area contributed by atoms with Gasteiger partial charge in [-0.15, -0.1) is 10.2 Å². The molecule has 0 spiro atoms. The largest absolute Gasteiger partial charge is 0.342 e. The zero-order valence-corrected chi connectivity index (χ0v) is 16.3. The Balaban J connectivity index is 1.89. The molecule has 0 aliphatic carbocycles. The summed E-state index contributed by atoms with van der Waals surface area (Å²) in [4.78, 5) is 27.4. The third kappa shape index (κ3) is 2.88. The van der Waals surface area contributed by atoms with Gasteiger partial charge in [-0.2, -0.15) is 0 Å². The van der Waals surface area contributed by atoms with Gasteiger partial charge in [-0.1, -0.05) is 6.92 Å². The molecule has 144 valence electrons. The van der Waals surface area contributed by atoms with Crippen molar-refractivity contribution in [3.8, 4) is 17.1 Å². The van der Waals surface area contributed by atoms with E-state index in [0.29, 0.717) is 11.5 Å². The first-order valence-electron chi connectivity index (χ1n) is 9.28. The van der Waals surface area contributed by atoms with Crippen LogP contribution in [-0.2, 0) is 4.79 Å². The van der Waals surface area contributed by atoms with Crippen LogP contribution >= 0.6 is 0 Å². The van der Waals surface area contributed by atoms with Gasteiger partial charge < -0.3 is 10.2 Å². The number of pyridine rings is 1. The van der Waals surface area contributed by atoms with E-state index in [2.05, 4.69) is 51.2 Å². The summed E-state index contributed by atoms with van der Waals surface area (Å²) in [6, 6.07) is 2.09. The average Bonchev–Trinajstić information content (AvgIpc) is 3.16. The molecule has 4 heterocycles. The molecule has 28 heavy (non-hydrogen) atoms. The van der Waals surface area contributed by atoms with Crippen LogP contribution in [0.2, 0.25) is 0 Å². The number of rotatable bonds is 4. The van der Waals surface area contributed by atoms with Crippen molar-refractivity contribution in [1.82, 2.24) is 29.7 Å². The van der Waals surface area contributed by atoms with Gasteiger partial charge in [-0.3, -0.25) is 14.3 Å². The van der Waals surface area contributed by atoms with Crippen LogP contribution < -0.4 is 10.2 Å². The van der Waals surface area contributed by atoms with Crippen molar-refractivity contribution in [2.75, 3.05) is 10.2 Å². The number of carbonyl (C=O) groups is 1. The van der Waals surface area contributed by atoms with Gasteiger partial charge in [0.15, 0.2) is 17.5 Å². The molecule has 0 saturated carbocycles. The van der Waals surface area contributed by atoms with Crippen molar-refractivity contribution < 1.29 is 4.79 Å². The van der Waals surface area contributed by atoms with Crippen LogP contribution in [0.15, 0.2) is 31.0 Å².